The highest BCUT2D eigenvalue weighted by molar-refractivity contribution is 7.45. The van der Waals surface area contributed by atoms with Gasteiger partial charge in [-0.2, -0.15) is 0 Å². The van der Waals surface area contributed by atoms with Crippen LogP contribution in [0.1, 0.15) is 6.42 Å². The third-order valence-corrected chi connectivity index (χ3v) is 0.693. The Bertz CT molecular complexity index is 231. The summed E-state index contributed by atoms with van der Waals surface area (Å²) in [5.41, 5.74) is 0.181. The molecule has 0 atom stereocenters. The van der Waals surface area contributed by atoms with E-state index in [0.717, 1.165) is 0 Å². The molecule has 6 nitrogen and oxygen atoms in total. The van der Waals surface area contributed by atoms with E-state index in [4.69, 9.17) is 24.4 Å². The molecule has 0 fully saturated rings. The molecule has 0 rings (SSSR count). The Kier molecular flexibility index (Phi) is 7.36. The number of allylic oxidation sites excluding steroid dienone is 1. The standard InChI is InChI=1S/C6H8O2.H3O4P/c1-3-4-5(2)6(7)8;1-5(2,3)4/h3H,1-2,4H2,(H,7,8);(H3,1,2,3,4). The first-order valence-corrected chi connectivity index (χ1v) is 4.55. The summed E-state index contributed by atoms with van der Waals surface area (Å²) in [6.07, 6.45) is 1.87. The second-order valence-electron chi connectivity index (χ2n) is 1.91. The molecule has 13 heavy (non-hydrogen) atoms. The zero-order valence-corrected chi connectivity index (χ0v) is 7.65. The van der Waals surface area contributed by atoms with Gasteiger partial charge in [-0.15, -0.1) is 6.58 Å². The Morgan fingerprint density at radius 2 is 1.69 bits per heavy atom. The minimum Gasteiger partial charge on any atom is -0.478 e. The monoisotopic (exact) mass is 210 g/mol. The van der Waals surface area contributed by atoms with Gasteiger partial charge in [0.1, 0.15) is 0 Å². The fraction of sp³-hybridized carbons (Fsp3) is 0.167. The fourth-order valence-electron chi connectivity index (χ4n) is 0.262. The number of hydrogen-bond acceptors (Lipinski definition) is 2. The Hall–Kier alpha value is -0.940. The maximum atomic E-state index is 9.94. The number of carboxylic acid groups (broad SMARTS) is 1. The van der Waals surface area contributed by atoms with Crippen molar-refractivity contribution in [3.63, 3.8) is 0 Å². The minimum absolute atomic E-state index is 0.181. The Morgan fingerprint density at radius 3 is 1.77 bits per heavy atom. The number of phosphoric acid groups is 1. The summed E-state index contributed by atoms with van der Waals surface area (Å²) in [4.78, 5) is 31.5. The molecule has 7 heteroatoms. The second-order valence-corrected chi connectivity index (χ2v) is 2.94. The van der Waals surface area contributed by atoms with Crippen molar-refractivity contribution in [2.24, 2.45) is 0 Å². The first kappa shape index (κ1) is 14.6. The Balaban J connectivity index is 0. The Morgan fingerprint density at radius 1 is 1.38 bits per heavy atom. The molecule has 0 aliphatic rings. The highest BCUT2D eigenvalue weighted by Gasteiger charge is 2.00. The number of hydrogen-bond donors (Lipinski definition) is 4. The van der Waals surface area contributed by atoms with Gasteiger partial charge in [0.25, 0.3) is 0 Å². The van der Waals surface area contributed by atoms with Crippen LogP contribution in [-0.4, -0.2) is 25.8 Å². The lowest BCUT2D eigenvalue weighted by Crippen LogP contribution is -1.96. The van der Waals surface area contributed by atoms with Crippen LogP contribution in [0.3, 0.4) is 0 Å². The number of carbonyl (C=O) groups is 1. The van der Waals surface area contributed by atoms with Gasteiger partial charge in [-0.25, -0.2) is 9.36 Å². The zero-order chi connectivity index (χ0) is 11.1. The lowest BCUT2D eigenvalue weighted by atomic mass is 10.2. The first-order chi connectivity index (χ1) is 5.68. The Labute approximate surface area is 75.1 Å². The summed E-state index contributed by atoms with van der Waals surface area (Å²) in [6, 6.07) is 0. The summed E-state index contributed by atoms with van der Waals surface area (Å²) in [7, 11) is -4.64. The average Bonchev–Trinajstić information content (AvgIpc) is 1.84. The van der Waals surface area contributed by atoms with Crippen LogP contribution in [0.25, 0.3) is 0 Å². The maximum Gasteiger partial charge on any atom is 0.466 e. The van der Waals surface area contributed by atoms with E-state index in [9.17, 15) is 4.79 Å². The first-order valence-electron chi connectivity index (χ1n) is 2.98. The molecule has 0 bridgehead atoms. The summed E-state index contributed by atoms with van der Waals surface area (Å²) in [6.45, 7) is 6.63. The lowest BCUT2D eigenvalue weighted by molar-refractivity contribution is -0.132. The number of aliphatic carboxylic acids is 1. The van der Waals surface area contributed by atoms with E-state index in [-0.39, 0.29) is 5.57 Å². The summed E-state index contributed by atoms with van der Waals surface area (Å²) in [5.74, 6) is -0.954. The van der Waals surface area contributed by atoms with Crippen LogP contribution in [0.5, 0.6) is 0 Å². The van der Waals surface area contributed by atoms with Gasteiger partial charge >= 0.3 is 13.8 Å². The van der Waals surface area contributed by atoms with Crippen LogP contribution in [0.2, 0.25) is 0 Å². The van der Waals surface area contributed by atoms with Gasteiger partial charge in [0.2, 0.25) is 0 Å². The predicted molar refractivity (Wildman–Crippen MR) is 45.9 cm³/mol. The largest absolute Gasteiger partial charge is 0.478 e. The summed E-state index contributed by atoms with van der Waals surface area (Å²) < 4.78 is 8.88. The molecule has 0 aromatic rings. The van der Waals surface area contributed by atoms with Crippen LogP contribution in [0.4, 0.5) is 0 Å². The van der Waals surface area contributed by atoms with E-state index in [1.165, 1.54) is 6.08 Å². The van der Waals surface area contributed by atoms with Crippen LogP contribution in [0.15, 0.2) is 24.8 Å². The van der Waals surface area contributed by atoms with E-state index in [1.807, 2.05) is 0 Å². The maximum absolute atomic E-state index is 9.94. The van der Waals surface area contributed by atoms with Crippen LogP contribution >= 0.6 is 7.82 Å². The fourth-order valence-corrected chi connectivity index (χ4v) is 0.262. The highest BCUT2D eigenvalue weighted by Crippen LogP contribution is 2.25. The third kappa shape index (κ3) is 24.7. The molecule has 0 spiro atoms. The van der Waals surface area contributed by atoms with Gasteiger partial charge in [-0.3, -0.25) is 0 Å². The van der Waals surface area contributed by atoms with Crippen molar-refractivity contribution in [2.75, 3.05) is 0 Å². The number of rotatable bonds is 3. The molecule has 4 N–H and O–H groups in total. The molecular weight excluding hydrogens is 199 g/mol. The third-order valence-electron chi connectivity index (χ3n) is 0.693. The topological polar surface area (TPSA) is 115 Å². The molecule has 0 saturated heterocycles. The van der Waals surface area contributed by atoms with Gasteiger partial charge < -0.3 is 19.8 Å². The van der Waals surface area contributed by atoms with Crippen molar-refractivity contribution in [2.45, 2.75) is 6.42 Å². The van der Waals surface area contributed by atoms with E-state index in [0.29, 0.717) is 6.42 Å². The van der Waals surface area contributed by atoms with Crippen molar-refractivity contribution in [3.05, 3.63) is 24.8 Å². The van der Waals surface area contributed by atoms with Crippen LogP contribution in [0, 0.1) is 0 Å². The van der Waals surface area contributed by atoms with E-state index < -0.39 is 13.8 Å². The molecule has 0 saturated carbocycles. The molecule has 0 aromatic heterocycles. The van der Waals surface area contributed by atoms with Crippen LogP contribution < -0.4 is 0 Å². The molecule has 0 aromatic carbocycles. The van der Waals surface area contributed by atoms with Gasteiger partial charge in [0, 0.05) is 5.57 Å². The van der Waals surface area contributed by atoms with Crippen molar-refractivity contribution in [1.29, 1.82) is 0 Å². The smallest absolute Gasteiger partial charge is 0.466 e. The molecule has 0 aliphatic heterocycles. The normalized spacial score (nSPS) is 9.46. The second kappa shape index (κ2) is 6.56. The van der Waals surface area contributed by atoms with Crippen molar-refractivity contribution >= 4 is 13.8 Å². The van der Waals surface area contributed by atoms with Gasteiger partial charge in [0.15, 0.2) is 0 Å². The van der Waals surface area contributed by atoms with Gasteiger partial charge in [0.05, 0.1) is 0 Å². The number of carboxylic acids is 1. The molecule has 0 unspecified atom stereocenters. The van der Waals surface area contributed by atoms with Crippen molar-refractivity contribution in [1.82, 2.24) is 0 Å². The van der Waals surface area contributed by atoms with Crippen molar-refractivity contribution < 1.29 is 29.1 Å². The molecule has 0 heterocycles. The minimum atomic E-state index is -4.64. The molecular formula is C6H11O6P. The molecule has 76 valence electrons. The van der Waals surface area contributed by atoms with Gasteiger partial charge in [-0.05, 0) is 6.42 Å². The van der Waals surface area contributed by atoms with E-state index in [2.05, 4.69) is 13.2 Å². The SMILES string of the molecule is C=CCC(=C)C(=O)O.O=P(O)(O)O. The van der Waals surface area contributed by atoms with Gasteiger partial charge in [-0.1, -0.05) is 12.7 Å². The van der Waals surface area contributed by atoms with E-state index in [1.54, 1.807) is 0 Å². The lowest BCUT2D eigenvalue weighted by Gasteiger charge is -1.89. The quantitative estimate of drug-likeness (QED) is 0.302. The zero-order valence-electron chi connectivity index (χ0n) is 6.75. The van der Waals surface area contributed by atoms with E-state index >= 15 is 0 Å². The highest BCUT2D eigenvalue weighted by atomic mass is 31.2. The predicted octanol–water partition coefficient (Wildman–Crippen LogP) is 0.275. The molecule has 0 radical (unpaired) electrons. The molecule has 0 amide bonds. The van der Waals surface area contributed by atoms with Crippen LogP contribution in [-0.2, 0) is 9.36 Å². The van der Waals surface area contributed by atoms with Crippen molar-refractivity contribution in [3.8, 4) is 0 Å². The summed E-state index contributed by atoms with van der Waals surface area (Å²) in [5, 5.41) is 8.17. The molecule has 0 aliphatic carbocycles. The summed E-state index contributed by atoms with van der Waals surface area (Å²) >= 11 is 0. The average molecular weight is 210 g/mol.